The lowest BCUT2D eigenvalue weighted by Gasteiger charge is -2.08. The fourth-order valence-corrected chi connectivity index (χ4v) is 2.91. The smallest absolute Gasteiger partial charge is 0.174 e. The van der Waals surface area contributed by atoms with Crippen molar-refractivity contribution < 1.29 is 4.79 Å². The van der Waals surface area contributed by atoms with Crippen LogP contribution in [0.1, 0.15) is 54.5 Å². The van der Waals surface area contributed by atoms with Gasteiger partial charge in [-0.3, -0.25) is 4.79 Å². The molecule has 0 aliphatic heterocycles. The summed E-state index contributed by atoms with van der Waals surface area (Å²) in [4.78, 5) is 12.1. The molecule has 1 heterocycles. The third-order valence-corrected chi connectivity index (χ3v) is 4.34. The van der Waals surface area contributed by atoms with Crippen LogP contribution in [0.15, 0.2) is 6.07 Å². The highest BCUT2D eigenvalue weighted by atomic mass is 32.2. The zero-order valence-corrected chi connectivity index (χ0v) is 11.9. The van der Waals surface area contributed by atoms with Crippen LogP contribution in [0, 0.1) is 13.8 Å². The Bertz CT molecular complexity index is 430. The fourth-order valence-electron chi connectivity index (χ4n) is 2.27. The highest BCUT2D eigenvalue weighted by Gasteiger charge is 2.28. The number of hydrogen-bond acceptors (Lipinski definition) is 2. The lowest BCUT2D eigenvalue weighted by Crippen LogP contribution is -2.07. The molecule has 2 rings (SSSR count). The molecular formula is C14H21NOS. The second-order valence-electron chi connectivity index (χ2n) is 5.17. The van der Waals surface area contributed by atoms with E-state index in [2.05, 4.69) is 38.3 Å². The van der Waals surface area contributed by atoms with Gasteiger partial charge in [0.1, 0.15) is 0 Å². The number of nitrogens with zero attached hydrogens (tertiary/aromatic N) is 1. The van der Waals surface area contributed by atoms with Crippen LogP contribution < -0.4 is 0 Å². The molecule has 1 aliphatic rings. The number of ketones is 1. The van der Waals surface area contributed by atoms with E-state index in [9.17, 15) is 4.79 Å². The Morgan fingerprint density at radius 3 is 2.65 bits per heavy atom. The van der Waals surface area contributed by atoms with E-state index in [1.807, 2.05) is 0 Å². The first kappa shape index (κ1) is 12.7. The van der Waals surface area contributed by atoms with Crippen molar-refractivity contribution >= 4 is 17.5 Å². The highest BCUT2D eigenvalue weighted by molar-refractivity contribution is 8.00. The van der Waals surface area contributed by atoms with Crippen molar-refractivity contribution in [3.05, 3.63) is 23.0 Å². The average molecular weight is 251 g/mol. The molecule has 0 unspecified atom stereocenters. The molecular weight excluding hydrogens is 230 g/mol. The second kappa shape index (κ2) is 4.89. The van der Waals surface area contributed by atoms with Crippen molar-refractivity contribution in [3.8, 4) is 0 Å². The summed E-state index contributed by atoms with van der Waals surface area (Å²) in [6, 6.07) is 2.73. The van der Waals surface area contributed by atoms with Gasteiger partial charge in [-0.05, 0) is 38.0 Å². The van der Waals surface area contributed by atoms with Gasteiger partial charge in [-0.2, -0.15) is 11.8 Å². The Labute approximate surface area is 108 Å². The normalized spacial score (nSPS) is 15.6. The van der Waals surface area contributed by atoms with Crippen LogP contribution in [0.5, 0.6) is 0 Å². The summed E-state index contributed by atoms with van der Waals surface area (Å²) in [5.74, 6) is 0.885. The standard InChI is InChI=1S/C14H21NOS/c1-9(2)17-8-14(16)13-7-10(3)15(11(13)4)12-5-6-12/h7,9,12H,5-6,8H2,1-4H3. The molecule has 94 valence electrons. The maximum Gasteiger partial charge on any atom is 0.174 e. The number of aromatic nitrogens is 1. The predicted octanol–water partition coefficient (Wildman–Crippen LogP) is 3.76. The van der Waals surface area contributed by atoms with Crippen molar-refractivity contribution in [2.24, 2.45) is 0 Å². The van der Waals surface area contributed by atoms with E-state index < -0.39 is 0 Å². The average Bonchev–Trinajstić information content (AvgIpc) is 3.03. The SMILES string of the molecule is Cc1cc(C(=O)CSC(C)C)c(C)n1C1CC1. The van der Waals surface area contributed by atoms with Crippen LogP contribution in [0.4, 0.5) is 0 Å². The first-order valence-corrected chi connectivity index (χ1v) is 7.38. The van der Waals surface area contributed by atoms with Crippen molar-refractivity contribution in [2.75, 3.05) is 5.75 Å². The molecule has 0 amide bonds. The molecule has 2 nitrogen and oxygen atoms in total. The van der Waals surface area contributed by atoms with E-state index in [-0.39, 0.29) is 5.78 Å². The third kappa shape index (κ3) is 2.76. The van der Waals surface area contributed by atoms with Crippen LogP contribution in [-0.2, 0) is 0 Å². The minimum atomic E-state index is 0.281. The zero-order chi connectivity index (χ0) is 12.6. The largest absolute Gasteiger partial charge is 0.345 e. The van der Waals surface area contributed by atoms with Gasteiger partial charge in [0.2, 0.25) is 0 Å². The number of rotatable bonds is 5. The minimum Gasteiger partial charge on any atom is -0.345 e. The molecule has 0 aromatic carbocycles. The molecule has 0 saturated heterocycles. The number of aryl methyl sites for hydroxylation is 1. The molecule has 1 aromatic rings. The third-order valence-electron chi connectivity index (χ3n) is 3.24. The van der Waals surface area contributed by atoms with Crippen LogP contribution >= 0.6 is 11.8 Å². The molecule has 0 atom stereocenters. The van der Waals surface area contributed by atoms with Crippen LogP contribution in [0.2, 0.25) is 0 Å². The van der Waals surface area contributed by atoms with Crippen LogP contribution in [0.25, 0.3) is 0 Å². The summed E-state index contributed by atoms with van der Waals surface area (Å²) in [5.41, 5.74) is 3.34. The van der Waals surface area contributed by atoms with E-state index in [0.29, 0.717) is 17.0 Å². The van der Waals surface area contributed by atoms with Gasteiger partial charge in [0, 0.05) is 23.0 Å². The summed E-state index contributed by atoms with van der Waals surface area (Å²) >= 11 is 1.72. The van der Waals surface area contributed by atoms with Crippen molar-refractivity contribution in [2.45, 2.75) is 51.8 Å². The van der Waals surface area contributed by atoms with E-state index in [1.165, 1.54) is 24.2 Å². The molecule has 1 fully saturated rings. The maximum absolute atomic E-state index is 12.1. The second-order valence-corrected chi connectivity index (χ2v) is 6.73. The number of carbonyl (C=O) groups is 1. The number of hydrogen-bond donors (Lipinski definition) is 0. The number of thioether (sulfide) groups is 1. The first-order chi connectivity index (χ1) is 8.00. The van der Waals surface area contributed by atoms with Gasteiger partial charge in [0.15, 0.2) is 5.78 Å². The summed E-state index contributed by atoms with van der Waals surface area (Å²) in [6.07, 6.45) is 2.54. The molecule has 0 bridgehead atoms. The van der Waals surface area contributed by atoms with Gasteiger partial charge in [0.25, 0.3) is 0 Å². The van der Waals surface area contributed by atoms with Crippen molar-refractivity contribution in [1.82, 2.24) is 4.57 Å². The fraction of sp³-hybridized carbons (Fsp3) is 0.643. The Morgan fingerprint density at radius 1 is 1.47 bits per heavy atom. The number of carbonyl (C=O) groups excluding carboxylic acids is 1. The summed E-state index contributed by atoms with van der Waals surface area (Å²) in [5, 5.41) is 0.519. The van der Waals surface area contributed by atoms with Gasteiger partial charge in [-0.15, -0.1) is 0 Å². The lowest BCUT2D eigenvalue weighted by molar-refractivity contribution is 0.102. The molecule has 17 heavy (non-hydrogen) atoms. The van der Waals surface area contributed by atoms with Gasteiger partial charge >= 0.3 is 0 Å². The van der Waals surface area contributed by atoms with E-state index in [0.717, 1.165) is 5.56 Å². The molecule has 3 heteroatoms. The van der Waals surface area contributed by atoms with Crippen LogP contribution in [-0.4, -0.2) is 21.4 Å². The monoisotopic (exact) mass is 251 g/mol. The summed E-state index contributed by atoms with van der Waals surface area (Å²) in [7, 11) is 0. The van der Waals surface area contributed by atoms with Crippen LogP contribution in [0.3, 0.4) is 0 Å². The van der Waals surface area contributed by atoms with E-state index in [1.54, 1.807) is 11.8 Å². The van der Waals surface area contributed by atoms with Gasteiger partial charge in [0.05, 0.1) is 5.75 Å². The molecule has 0 radical (unpaired) electrons. The Balaban J connectivity index is 2.15. The molecule has 0 spiro atoms. The highest BCUT2D eigenvalue weighted by Crippen LogP contribution is 2.38. The minimum absolute atomic E-state index is 0.281. The van der Waals surface area contributed by atoms with E-state index in [4.69, 9.17) is 0 Å². The van der Waals surface area contributed by atoms with Crippen molar-refractivity contribution in [3.63, 3.8) is 0 Å². The van der Waals surface area contributed by atoms with Gasteiger partial charge < -0.3 is 4.57 Å². The molecule has 1 saturated carbocycles. The summed E-state index contributed by atoms with van der Waals surface area (Å²) in [6.45, 7) is 8.45. The molecule has 1 aromatic heterocycles. The van der Waals surface area contributed by atoms with Gasteiger partial charge in [-0.1, -0.05) is 13.8 Å². The Morgan fingerprint density at radius 2 is 2.12 bits per heavy atom. The number of Topliss-reactive ketones (excluding diaryl/α,β-unsaturated/α-hetero) is 1. The van der Waals surface area contributed by atoms with E-state index >= 15 is 0 Å². The van der Waals surface area contributed by atoms with Gasteiger partial charge in [-0.25, -0.2) is 0 Å². The first-order valence-electron chi connectivity index (χ1n) is 6.34. The lowest BCUT2D eigenvalue weighted by atomic mass is 10.2. The summed E-state index contributed by atoms with van der Waals surface area (Å²) < 4.78 is 2.34. The maximum atomic E-state index is 12.1. The molecule has 1 aliphatic carbocycles. The molecule has 0 N–H and O–H groups in total. The predicted molar refractivity (Wildman–Crippen MR) is 74.1 cm³/mol. The quantitative estimate of drug-likeness (QED) is 0.743. The van der Waals surface area contributed by atoms with Crippen molar-refractivity contribution in [1.29, 1.82) is 0 Å². The zero-order valence-electron chi connectivity index (χ0n) is 11.1. The topological polar surface area (TPSA) is 22.0 Å². The Hall–Kier alpha value is -0.700. The Kier molecular flexibility index (Phi) is 3.67.